The quantitative estimate of drug-likeness (QED) is 0.436. The van der Waals surface area contributed by atoms with Crippen molar-refractivity contribution in [2.45, 2.75) is 30.0 Å². The highest BCUT2D eigenvalue weighted by atomic mass is 19.2. The van der Waals surface area contributed by atoms with E-state index in [1.54, 1.807) is 0 Å². The number of carbonyl (C=O) groups is 1. The fraction of sp³-hybridized carbons (Fsp3) is 0.750. The van der Waals surface area contributed by atoms with Crippen molar-refractivity contribution in [3.63, 3.8) is 0 Å². The molecule has 0 spiro atoms. The third-order valence-electron chi connectivity index (χ3n) is 3.47. The second-order valence-electron chi connectivity index (χ2n) is 4.11. The number of alkyl halides is 3. The van der Waals surface area contributed by atoms with Crippen LogP contribution in [0.4, 0.5) is 17.6 Å². The first-order valence-electron chi connectivity index (χ1n) is 4.22. The van der Waals surface area contributed by atoms with Gasteiger partial charge in [0.1, 0.15) is 0 Å². The summed E-state index contributed by atoms with van der Waals surface area (Å²) in [5.41, 5.74) is -6.01. The summed E-state index contributed by atoms with van der Waals surface area (Å²) in [5.74, 6) is -7.22. The molecule has 4 unspecified atom stereocenters. The van der Waals surface area contributed by atoms with Crippen LogP contribution in [-0.4, -0.2) is 28.9 Å². The van der Waals surface area contributed by atoms with Gasteiger partial charge in [0.25, 0.3) is 5.79 Å². The summed E-state index contributed by atoms with van der Waals surface area (Å²) in [6.45, 7) is 0. The van der Waals surface area contributed by atoms with E-state index in [2.05, 4.69) is 4.99 Å². The van der Waals surface area contributed by atoms with Crippen molar-refractivity contribution in [2.75, 3.05) is 0 Å². The summed E-state index contributed by atoms with van der Waals surface area (Å²) in [4.78, 5) is 13.8. The zero-order valence-corrected chi connectivity index (χ0v) is 6.86. The topological polar surface area (TPSA) is 29.4 Å². The summed E-state index contributed by atoms with van der Waals surface area (Å²) in [5, 5.41) is 0. The number of aliphatic imine (C=N–C) groups is 1. The van der Waals surface area contributed by atoms with Crippen LogP contribution in [0.1, 0.15) is 12.8 Å². The maximum absolute atomic E-state index is 13.7. The summed E-state index contributed by atoms with van der Waals surface area (Å²) in [6.07, 6.45) is -0.974. The molecule has 2 heterocycles. The molecule has 0 saturated heterocycles. The van der Waals surface area contributed by atoms with Gasteiger partial charge in [0.2, 0.25) is 23.1 Å². The fourth-order valence-corrected chi connectivity index (χ4v) is 2.68. The average molecular weight is 207 g/mol. The van der Waals surface area contributed by atoms with Crippen molar-refractivity contribution in [3.8, 4) is 0 Å². The molecule has 5 rings (SSSR count). The molecule has 76 valence electrons. The van der Waals surface area contributed by atoms with Crippen LogP contribution in [0, 0.1) is 5.92 Å². The minimum Gasteiger partial charge on any atom is -0.290 e. The maximum Gasteiger partial charge on any atom is 0.264 e. The van der Waals surface area contributed by atoms with E-state index in [9.17, 15) is 22.4 Å². The Hall–Kier alpha value is -0.940. The van der Waals surface area contributed by atoms with Gasteiger partial charge in [-0.25, -0.2) is 18.2 Å². The van der Waals surface area contributed by atoms with Crippen molar-refractivity contribution in [3.05, 3.63) is 0 Å². The molecule has 0 radical (unpaired) electrons. The van der Waals surface area contributed by atoms with E-state index in [0.717, 1.165) is 0 Å². The van der Waals surface area contributed by atoms with Crippen LogP contribution in [-0.2, 0) is 4.79 Å². The predicted molar refractivity (Wildman–Crippen MR) is 37.8 cm³/mol. The average Bonchev–Trinajstić information content (AvgIpc) is 2.09. The van der Waals surface area contributed by atoms with Crippen molar-refractivity contribution >= 4 is 11.7 Å². The molecule has 0 aromatic heterocycles. The van der Waals surface area contributed by atoms with Gasteiger partial charge in [-0.05, 0) is 6.42 Å². The third kappa shape index (κ3) is 0.505. The van der Waals surface area contributed by atoms with Crippen molar-refractivity contribution in [1.29, 1.82) is 0 Å². The molecule has 5 aliphatic rings. The Bertz CT molecular complexity index is 397. The molecule has 0 aromatic rings. The fourth-order valence-electron chi connectivity index (χ4n) is 2.68. The first-order valence-corrected chi connectivity index (χ1v) is 4.22. The van der Waals surface area contributed by atoms with Gasteiger partial charge in [0, 0.05) is 12.3 Å². The molecule has 0 aromatic carbocycles. The van der Waals surface area contributed by atoms with Gasteiger partial charge in [0.05, 0.1) is 0 Å². The molecule has 0 amide bonds. The molecule has 3 saturated carbocycles. The van der Waals surface area contributed by atoms with Gasteiger partial charge in [-0.15, -0.1) is 0 Å². The number of hydrogen-bond acceptors (Lipinski definition) is 2. The molecule has 0 N–H and O–H groups in total. The van der Waals surface area contributed by atoms with Gasteiger partial charge in [-0.1, -0.05) is 0 Å². The Morgan fingerprint density at radius 1 is 1.29 bits per heavy atom. The second kappa shape index (κ2) is 1.75. The van der Waals surface area contributed by atoms with Crippen LogP contribution in [0.15, 0.2) is 4.99 Å². The SMILES string of the molecule is O=C1C2(F)CC3CC1(F)C3(F)C(F)=N2. The molecule has 2 nitrogen and oxygen atoms in total. The Morgan fingerprint density at radius 3 is 2.50 bits per heavy atom. The predicted octanol–water partition coefficient (Wildman–Crippen LogP) is 1.44. The summed E-state index contributed by atoms with van der Waals surface area (Å²) in [7, 11) is 0. The van der Waals surface area contributed by atoms with Crippen LogP contribution < -0.4 is 0 Å². The van der Waals surface area contributed by atoms with Crippen molar-refractivity contribution < 1.29 is 22.4 Å². The lowest BCUT2D eigenvalue weighted by atomic mass is 9.49. The van der Waals surface area contributed by atoms with E-state index < -0.39 is 47.6 Å². The van der Waals surface area contributed by atoms with Crippen LogP contribution in [0.25, 0.3) is 0 Å². The molecule has 14 heavy (non-hydrogen) atoms. The number of nitrogens with zero attached hydrogens (tertiary/aromatic N) is 1. The lowest BCUT2D eigenvalue weighted by molar-refractivity contribution is -0.214. The third-order valence-corrected chi connectivity index (χ3v) is 3.47. The molecular weight excluding hydrogens is 202 g/mol. The molecular formula is C8H5F4NO. The van der Waals surface area contributed by atoms with Crippen LogP contribution in [0.3, 0.4) is 0 Å². The number of Topliss-reactive ketones (excluding diaryl/α,β-unsaturated/α-hetero) is 1. The standard InChI is InChI=1S/C8H5F4NO/c9-5-8(12)3-1-6(8,10)4(14)7(11,2-3)13-5/h3H,1-2H2. The van der Waals surface area contributed by atoms with Crippen molar-refractivity contribution in [1.82, 2.24) is 0 Å². The van der Waals surface area contributed by atoms with E-state index in [-0.39, 0.29) is 0 Å². The zero-order valence-electron chi connectivity index (χ0n) is 6.86. The highest BCUT2D eigenvalue weighted by Crippen LogP contribution is 2.66. The van der Waals surface area contributed by atoms with Gasteiger partial charge < -0.3 is 0 Å². The molecule has 2 aliphatic heterocycles. The second-order valence-corrected chi connectivity index (χ2v) is 4.11. The minimum absolute atomic E-state index is 0.434. The van der Waals surface area contributed by atoms with E-state index in [1.807, 2.05) is 0 Å². The van der Waals surface area contributed by atoms with E-state index in [0.29, 0.717) is 0 Å². The van der Waals surface area contributed by atoms with Crippen LogP contribution in [0.5, 0.6) is 0 Å². The molecule has 3 fully saturated rings. The van der Waals surface area contributed by atoms with Crippen LogP contribution >= 0.6 is 0 Å². The highest BCUT2D eigenvalue weighted by Gasteiger charge is 2.85. The van der Waals surface area contributed by atoms with Gasteiger partial charge in [-0.3, -0.25) is 4.79 Å². The van der Waals surface area contributed by atoms with E-state index >= 15 is 0 Å². The van der Waals surface area contributed by atoms with E-state index in [4.69, 9.17) is 0 Å². The normalized spacial score (nSPS) is 59.6. The largest absolute Gasteiger partial charge is 0.290 e. The van der Waals surface area contributed by atoms with Crippen molar-refractivity contribution in [2.24, 2.45) is 10.9 Å². The highest BCUT2D eigenvalue weighted by molar-refractivity contribution is 6.10. The lowest BCUT2D eigenvalue weighted by Crippen LogP contribution is -2.81. The van der Waals surface area contributed by atoms with Gasteiger partial charge in [-0.2, -0.15) is 4.39 Å². The number of rotatable bonds is 0. The summed E-state index contributed by atoms with van der Waals surface area (Å²) >= 11 is 0. The number of halogens is 4. The van der Waals surface area contributed by atoms with Crippen LogP contribution in [0.2, 0.25) is 0 Å². The summed E-state index contributed by atoms with van der Waals surface area (Å²) in [6, 6.07) is 0. The summed E-state index contributed by atoms with van der Waals surface area (Å²) < 4.78 is 53.8. The van der Waals surface area contributed by atoms with Gasteiger partial charge >= 0.3 is 0 Å². The smallest absolute Gasteiger partial charge is 0.264 e. The molecule has 3 aliphatic carbocycles. The van der Waals surface area contributed by atoms with Gasteiger partial charge in [0.15, 0.2) is 0 Å². The Morgan fingerprint density at radius 2 is 1.93 bits per heavy atom. The number of ketones is 1. The Balaban J connectivity index is 2.29. The molecule has 4 atom stereocenters. The molecule has 4 bridgehead atoms. The first-order chi connectivity index (χ1) is 6.34. The Kier molecular flexibility index (Phi) is 1.05. The monoisotopic (exact) mass is 207 g/mol. The number of carbonyl (C=O) groups excluding carboxylic acids is 1. The lowest BCUT2D eigenvalue weighted by Gasteiger charge is -2.60. The zero-order chi connectivity index (χ0) is 10.4. The first kappa shape index (κ1) is 8.38. The Labute approximate surface area is 76.0 Å². The molecule has 6 heteroatoms. The maximum atomic E-state index is 13.7. The minimum atomic E-state index is -3.02. The van der Waals surface area contributed by atoms with E-state index in [1.165, 1.54) is 0 Å². The number of hydrogen-bond donors (Lipinski definition) is 0.